The van der Waals surface area contributed by atoms with E-state index in [0.29, 0.717) is 46.9 Å². The van der Waals surface area contributed by atoms with Crippen LogP contribution in [-0.4, -0.2) is 48.1 Å². The fourth-order valence-corrected chi connectivity index (χ4v) is 4.07. The predicted molar refractivity (Wildman–Crippen MR) is 119 cm³/mol. The summed E-state index contributed by atoms with van der Waals surface area (Å²) in [7, 11) is 1.54. The fourth-order valence-electron chi connectivity index (χ4n) is 3.53. The lowest BCUT2D eigenvalue weighted by Gasteiger charge is -2.23. The molecule has 1 aromatic heterocycles. The summed E-state index contributed by atoms with van der Waals surface area (Å²) < 4.78 is 17.2. The molecule has 1 aliphatic rings. The Kier molecular flexibility index (Phi) is 7.23. The van der Waals surface area contributed by atoms with Crippen molar-refractivity contribution in [3.05, 3.63) is 57.5 Å². The van der Waals surface area contributed by atoms with Crippen molar-refractivity contribution in [2.75, 3.05) is 20.3 Å². The minimum atomic E-state index is -0.811. The normalized spacial score (nSPS) is 18.3. The third-order valence-corrected chi connectivity index (χ3v) is 5.61. The van der Waals surface area contributed by atoms with Crippen molar-refractivity contribution in [1.82, 2.24) is 4.90 Å². The average Bonchev–Trinajstić information content (AvgIpc) is 3.26. The minimum absolute atomic E-state index is 0.00111. The Morgan fingerprint density at radius 1 is 1.26 bits per heavy atom. The molecule has 1 unspecified atom stereocenters. The number of hydrogen-bond acceptors (Lipinski definition) is 6. The third kappa shape index (κ3) is 4.85. The van der Waals surface area contributed by atoms with Crippen molar-refractivity contribution >= 4 is 33.4 Å². The number of likely N-dealkylation sites (tertiary alicyclic amines) is 1. The van der Waals surface area contributed by atoms with Crippen molar-refractivity contribution < 1.29 is 28.6 Å². The second-order valence-corrected chi connectivity index (χ2v) is 8.42. The van der Waals surface area contributed by atoms with Crippen LogP contribution < -0.4 is 4.74 Å². The maximum atomic E-state index is 13.0. The molecule has 2 heterocycles. The molecule has 1 saturated heterocycles. The molecule has 1 amide bonds. The Morgan fingerprint density at radius 2 is 2.00 bits per heavy atom. The molecule has 0 saturated carbocycles. The number of carbonyl (C=O) groups excluding carboxylic acids is 2. The molecular formula is C23H26BrNO6. The quantitative estimate of drug-likeness (QED) is 0.251. The zero-order valence-corrected chi connectivity index (χ0v) is 19.6. The molecule has 1 atom stereocenters. The largest absolute Gasteiger partial charge is 0.507 e. The molecule has 8 heteroatoms. The van der Waals surface area contributed by atoms with E-state index in [1.165, 1.54) is 12.0 Å². The number of furan rings is 1. The van der Waals surface area contributed by atoms with E-state index < -0.39 is 17.7 Å². The summed E-state index contributed by atoms with van der Waals surface area (Å²) >= 11 is 3.39. The van der Waals surface area contributed by atoms with Crippen LogP contribution in [0.15, 0.2) is 44.8 Å². The number of carbonyl (C=O) groups is 2. The summed E-state index contributed by atoms with van der Waals surface area (Å²) in [4.78, 5) is 27.2. The summed E-state index contributed by atoms with van der Waals surface area (Å²) in [6.45, 7) is 6.41. The predicted octanol–water partition coefficient (Wildman–Crippen LogP) is 4.60. The van der Waals surface area contributed by atoms with Crippen LogP contribution in [0.4, 0.5) is 0 Å². The average molecular weight is 492 g/mol. The van der Waals surface area contributed by atoms with Crippen LogP contribution in [-0.2, 0) is 14.3 Å². The smallest absolute Gasteiger partial charge is 0.295 e. The Labute approximate surface area is 189 Å². The third-order valence-electron chi connectivity index (χ3n) is 4.99. The first-order valence-corrected chi connectivity index (χ1v) is 10.8. The van der Waals surface area contributed by atoms with E-state index in [9.17, 15) is 14.7 Å². The monoisotopic (exact) mass is 491 g/mol. The second kappa shape index (κ2) is 9.70. The van der Waals surface area contributed by atoms with Crippen LogP contribution in [0.3, 0.4) is 0 Å². The number of aliphatic hydroxyl groups excluding tert-OH is 1. The van der Waals surface area contributed by atoms with Crippen molar-refractivity contribution in [2.45, 2.75) is 39.3 Å². The lowest BCUT2D eigenvalue weighted by atomic mass is 9.99. The SMILES string of the molecule is COc1ccc(/C(O)=C2/C(=O)C(=O)N(CCCOC(C)C)C2c2ccc(C)o2)cc1Br. The molecular weight excluding hydrogens is 466 g/mol. The van der Waals surface area contributed by atoms with Crippen LogP contribution in [0.1, 0.15) is 43.4 Å². The maximum Gasteiger partial charge on any atom is 0.295 e. The zero-order valence-electron chi connectivity index (χ0n) is 18.0. The maximum absolute atomic E-state index is 13.0. The molecule has 1 fully saturated rings. The van der Waals surface area contributed by atoms with Gasteiger partial charge in [-0.15, -0.1) is 0 Å². The van der Waals surface area contributed by atoms with Crippen LogP contribution in [0.5, 0.6) is 5.75 Å². The van der Waals surface area contributed by atoms with Gasteiger partial charge in [0.2, 0.25) is 0 Å². The standard InChI is InChI=1S/C23H26BrNO6/c1-13(2)30-11-5-10-25-20(18-8-6-14(3)31-18)19(22(27)23(25)28)21(26)15-7-9-17(29-4)16(24)12-15/h6-9,12-13,20,26H,5,10-11H2,1-4H3/b21-19-. The lowest BCUT2D eigenvalue weighted by molar-refractivity contribution is -0.140. The van der Waals surface area contributed by atoms with E-state index >= 15 is 0 Å². The Morgan fingerprint density at radius 3 is 2.58 bits per heavy atom. The highest BCUT2D eigenvalue weighted by atomic mass is 79.9. The number of benzene rings is 1. The van der Waals surface area contributed by atoms with E-state index in [2.05, 4.69) is 15.9 Å². The van der Waals surface area contributed by atoms with E-state index in [4.69, 9.17) is 13.9 Å². The highest BCUT2D eigenvalue weighted by Gasteiger charge is 2.47. The summed E-state index contributed by atoms with van der Waals surface area (Å²) in [5.74, 6) is -0.0143. The topological polar surface area (TPSA) is 89.2 Å². The van der Waals surface area contributed by atoms with Gasteiger partial charge in [-0.25, -0.2) is 0 Å². The zero-order chi connectivity index (χ0) is 22.7. The summed E-state index contributed by atoms with van der Waals surface area (Å²) in [5, 5.41) is 11.0. The van der Waals surface area contributed by atoms with Crippen molar-refractivity contribution in [3.8, 4) is 5.75 Å². The van der Waals surface area contributed by atoms with Gasteiger partial charge in [-0.05, 0) is 73.5 Å². The number of ketones is 1. The number of methoxy groups -OCH3 is 1. The molecule has 0 spiro atoms. The van der Waals surface area contributed by atoms with Gasteiger partial charge < -0.3 is 23.9 Å². The molecule has 1 aliphatic heterocycles. The first-order valence-electron chi connectivity index (χ1n) is 10.0. The van der Waals surface area contributed by atoms with E-state index in [0.717, 1.165) is 0 Å². The molecule has 2 aromatic rings. The van der Waals surface area contributed by atoms with Crippen LogP contribution in [0.25, 0.3) is 5.76 Å². The number of nitrogens with zero attached hydrogens (tertiary/aromatic N) is 1. The van der Waals surface area contributed by atoms with Gasteiger partial charge in [-0.3, -0.25) is 9.59 Å². The first-order chi connectivity index (χ1) is 14.7. The van der Waals surface area contributed by atoms with E-state index in [1.54, 1.807) is 37.3 Å². The molecule has 0 bridgehead atoms. The number of amides is 1. The Hall–Kier alpha value is -2.58. The number of ether oxygens (including phenoxy) is 2. The molecule has 166 valence electrons. The minimum Gasteiger partial charge on any atom is -0.507 e. The highest BCUT2D eigenvalue weighted by Crippen LogP contribution is 2.40. The number of aliphatic hydroxyl groups is 1. The fraction of sp³-hybridized carbons (Fsp3) is 0.391. The molecule has 0 aliphatic carbocycles. The first kappa shape index (κ1) is 23.1. The van der Waals surface area contributed by atoms with Gasteiger partial charge >= 0.3 is 0 Å². The Bertz CT molecular complexity index is 1010. The van der Waals surface area contributed by atoms with Gasteiger partial charge in [0.1, 0.15) is 29.1 Å². The van der Waals surface area contributed by atoms with E-state index in [1.807, 2.05) is 13.8 Å². The van der Waals surface area contributed by atoms with Gasteiger partial charge in [-0.1, -0.05) is 0 Å². The number of aryl methyl sites for hydroxylation is 1. The van der Waals surface area contributed by atoms with E-state index in [-0.39, 0.29) is 17.4 Å². The molecule has 0 radical (unpaired) electrons. The van der Waals surface area contributed by atoms with Crippen molar-refractivity contribution in [1.29, 1.82) is 0 Å². The summed E-state index contributed by atoms with van der Waals surface area (Å²) in [5.41, 5.74) is 0.392. The summed E-state index contributed by atoms with van der Waals surface area (Å²) in [6.07, 6.45) is 0.627. The van der Waals surface area contributed by atoms with Gasteiger partial charge in [-0.2, -0.15) is 0 Å². The number of halogens is 1. The Balaban J connectivity index is 2.02. The summed E-state index contributed by atoms with van der Waals surface area (Å²) in [6, 6.07) is 7.62. The second-order valence-electron chi connectivity index (χ2n) is 7.56. The number of hydrogen-bond donors (Lipinski definition) is 1. The molecule has 3 rings (SSSR count). The van der Waals surface area contributed by atoms with Crippen LogP contribution in [0.2, 0.25) is 0 Å². The molecule has 1 N–H and O–H groups in total. The van der Waals surface area contributed by atoms with Crippen molar-refractivity contribution in [2.24, 2.45) is 0 Å². The molecule has 7 nitrogen and oxygen atoms in total. The van der Waals surface area contributed by atoms with Crippen LogP contribution >= 0.6 is 15.9 Å². The highest BCUT2D eigenvalue weighted by molar-refractivity contribution is 9.10. The number of rotatable bonds is 8. The van der Waals surface area contributed by atoms with Crippen LogP contribution in [0, 0.1) is 6.92 Å². The number of Topliss-reactive ketones (excluding diaryl/α,β-unsaturated/α-hetero) is 1. The van der Waals surface area contributed by atoms with Gasteiger partial charge in [0.05, 0.1) is 23.3 Å². The lowest BCUT2D eigenvalue weighted by Crippen LogP contribution is -2.31. The van der Waals surface area contributed by atoms with Gasteiger partial charge in [0, 0.05) is 18.7 Å². The molecule has 31 heavy (non-hydrogen) atoms. The molecule has 1 aromatic carbocycles. The van der Waals surface area contributed by atoms with Gasteiger partial charge in [0.25, 0.3) is 11.7 Å². The van der Waals surface area contributed by atoms with Crippen molar-refractivity contribution in [3.63, 3.8) is 0 Å². The van der Waals surface area contributed by atoms with Gasteiger partial charge in [0.15, 0.2) is 0 Å².